The summed E-state index contributed by atoms with van der Waals surface area (Å²) in [6.07, 6.45) is 0. The molecule has 19 heavy (non-hydrogen) atoms. The Bertz CT molecular complexity index is 655. The Balaban J connectivity index is 2.77. The molecule has 0 bridgehead atoms. The number of nitrogens with zero attached hydrogens (tertiary/aromatic N) is 2. The largest absolute Gasteiger partial charge is 0.496 e. The van der Waals surface area contributed by atoms with E-state index in [2.05, 4.69) is 52.8 Å². The third-order valence-electron chi connectivity index (χ3n) is 2.47. The summed E-state index contributed by atoms with van der Waals surface area (Å²) in [5, 5.41) is 11.8. The van der Waals surface area contributed by atoms with Gasteiger partial charge in [0, 0.05) is 5.39 Å². The molecule has 1 aromatic heterocycles. The van der Waals surface area contributed by atoms with Gasteiger partial charge in [-0.05, 0) is 12.1 Å². The lowest BCUT2D eigenvalue weighted by Crippen LogP contribution is -2.03. The molecule has 2 rings (SSSR count). The molecule has 1 heterocycles. The molecule has 0 amide bonds. The number of alkyl halides is 3. The van der Waals surface area contributed by atoms with Crippen molar-refractivity contribution in [1.82, 2.24) is 4.98 Å². The fourth-order valence-corrected chi connectivity index (χ4v) is 2.27. The molecule has 0 unspecified atom stereocenters. The number of nitro groups is 1. The molecule has 0 radical (unpaired) electrons. The summed E-state index contributed by atoms with van der Waals surface area (Å²) in [6.45, 7) is 0. The van der Waals surface area contributed by atoms with Crippen molar-refractivity contribution in [3.05, 3.63) is 40.1 Å². The van der Waals surface area contributed by atoms with Crippen molar-refractivity contribution in [2.45, 2.75) is 2.14 Å². The molecule has 2 aromatic rings. The summed E-state index contributed by atoms with van der Waals surface area (Å²) >= 11 is 10.0. The Hall–Kier alpha value is -0.730. The van der Waals surface area contributed by atoms with Gasteiger partial charge in [0.25, 0.3) is 5.69 Å². The van der Waals surface area contributed by atoms with E-state index < -0.39 is 7.07 Å². The van der Waals surface area contributed by atoms with Gasteiger partial charge in [0.2, 0.25) is 0 Å². The first-order valence-corrected chi connectivity index (χ1v) is 7.41. The van der Waals surface area contributed by atoms with Gasteiger partial charge in [-0.25, -0.2) is 4.98 Å². The molecule has 0 aliphatic carbocycles. The second kappa shape index (κ2) is 5.34. The molecule has 0 aliphatic heterocycles. The summed E-state index contributed by atoms with van der Waals surface area (Å²) in [5.74, 6) is 0.427. The van der Waals surface area contributed by atoms with E-state index in [0.717, 1.165) is 0 Å². The van der Waals surface area contributed by atoms with Crippen LogP contribution in [-0.4, -0.2) is 17.0 Å². The van der Waals surface area contributed by atoms with Crippen LogP contribution in [0.25, 0.3) is 10.9 Å². The van der Waals surface area contributed by atoms with Crippen molar-refractivity contribution in [3.63, 3.8) is 0 Å². The monoisotopic (exact) mass is 452 g/mol. The molecule has 0 saturated carbocycles. The number of aromatic nitrogens is 1. The lowest BCUT2D eigenvalue weighted by molar-refractivity contribution is -0.383. The third-order valence-corrected chi connectivity index (χ3v) is 3.69. The van der Waals surface area contributed by atoms with E-state index in [1.807, 2.05) is 0 Å². The quantitative estimate of drug-likeness (QED) is 0.382. The van der Waals surface area contributed by atoms with Crippen molar-refractivity contribution < 1.29 is 9.66 Å². The average molecular weight is 455 g/mol. The van der Waals surface area contributed by atoms with Gasteiger partial charge in [-0.15, -0.1) is 0 Å². The minimum Gasteiger partial charge on any atom is -0.496 e. The summed E-state index contributed by atoms with van der Waals surface area (Å²) < 4.78 is 4.34. The Morgan fingerprint density at radius 2 is 2.00 bits per heavy atom. The van der Waals surface area contributed by atoms with E-state index in [-0.39, 0.29) is 5.69 Å². The van der Waals surface area contributed by atoms with Gasteiger partial charge in [0.1, 0.15) is 11.3 Å². The number of benzene rings is 1. The van der Waals surface area contributed by atoms with Crippen molar-refractivity contribution in [3.8, 4) is 5.75 Å². The molecule has 0 fully saturated rings. The molecule has 100 valence electrons. The molecule has 5 nitrogen and oxygen atoms in total. The average Bonchev–Trinajstić information content (AvgIpc) is 2.35. The summed E-state index contributed by atoms with van der Waals surface area (Å²) in [7, 11) is 1.47. The highest BCUT2D eigenvalue weighted by Gasteiger charge is 2.25. The lowest BCUT2D eigenvalue weighted by Gasteiger charge is -2.12. The Kier molecular flexibility index (Phi) is 4.12. The molecule has 0 N–H and O–H groups in total. The fraction of sp³-hybridized carbons (Fsp3) is 0.182. The van der Waals surface area contributed by atoms with Gasteiger partial charge in [-0.1, -0.05) is 53.9 Å². The van der Waals surface area contributed by atoms with Gasteiger partial charge in [0.15, 0.2) is 2.14 Å². The molecular weight excluding hydrogens is 448 g/mol. The summed E-state index contributed by atoms with van der Waals surface area (Å²) in [5.41, 5.74) is 0.798. The van der Waals surface area contributed by atoms with Crippen LogP contribution in [-0.2, 0) is 2.14 Å². The first-order valence-electron chi connectivity index (χ1n) is 5.03. The zero-order valence-electron chi connectivity index (χ0n) is 9.56. The first kappa shape index (κ1) is 14.7. The first-order chi connectivity index (χ1) is 8.82. The highest BCUT2D eigenvalue weighted by Crippen LogP contribution is 2.44. The van der Waals surface area contributed by atoms with Crippen LogP contribution in [0.1, 0.15) is 5.69 Å². The second-order valence-electron chi connectivity index (χ2n) is 3.67. The number of rotatable bonds is 2. The van der Waals surface area contributed by atoms with Crippen molar-refractivity contribution in [2.24, 2.45) is 0 Å². The molecule has 0 spiro atoms. The predicted molar refractivity (Wildman–Crippen MR) is 83.4 cm³/mol. The van der Waals surface area contributed by atoms with Gasteiger partial charge >= 0.3 is 0 Å². The van der Waals surface area contributed by atoms with Gasteiger partial charge in [-0.2, -0.15) is 0 Å². The number of non-ortho nitro benzene ring substituents is 1. The Labute approximate surface area is 133 Å². The minimum atomic E-state index is -0.713. The maximum atomic E-state index is 11.1. The van der Waals surface area contributed by atoms with Gasteiger partial charge < -0.3 is 4.74 Å². The number of halogens is 3. The maximum absolute atomic E-state index is 11.1. The number of fused-ring (bicyclic) bond motifs is 1. The number of ether oxygens (including phenoxy) is 1. The van der Waals surface area contributed by atoms with Crippen molar-refractivity contribution in [2.75, 3.05) is 7.11 Å². The Morgan fingerprint density at radius 1 is 1.32 bits per heavy atom. The van der Waals surface area contributed by atoms with Crippen molar-refractivity contribution >= 4 is 64.4 Å². The summed E-state index contributed by atoms with van der Waals surface area (Å²) in [6, 6.07) is 6.57. The van der Waals surface area contributed by atoms with E-state index in [4.69, 9.17) is 4.74 Å². The zero-order valence-corrected chi connectivity index (χ0v) is 14.3. The van der Waals surface area contributed by atoms with E-state index in [1.165, 1.54) is 13.2 Å². The molecule has 0 saturated heterocycles. The smallest absolute Gasteiger partial charge is 0.299 e. The van der Waals surface area contributed by atoms with Gasteiger partial charge in [-0.3, -0.25) is 10.1 Å². The number of pyridine rings is 1. The van der Waals surface area contributed by atoms with Crippen LogP contribution in [0.4, 0.5) is 5.69 Å². The molecule has 0 aliphatic rings. The van der Waals surface area contributed by atoms with Crippen LogP contribution in [0, 0.1) is 10.1 Å². The third kappa shape index (κ3) is 3.06. The van der Waals surface area contributed by atoms with E-state index >= 15 is 0 Å². The van der Waals surface area contributed by atoms with Crippen LogP contribution in [0.5, 0.6) is 5.75 Å². The molecular formula is C11H7Br3N2O3. The molecule has 1 aromatic carbocycles. The lowest BCUT2D eigenvalue weighted by atomic mass is 10.1. The number of hydrogen-bond acceptors (Lipinski definition) is 4. The number of hydrogen-bond donors (Lipinski definition) is 0. The second-order valence-corrected chi connectivity index (χ2v) is 10.4. The van der Waals surface area contributed by atoms with Crippen LogP contribution in [0.3, 0.4) is 0 Å². The van der Waals surface area contributed by atoms with Crippen LogP contribution in [0.2, 0.25) is 0 Å². The zero-order chi connectivity index (χ0) is 14.2. The maximum Gasteiger partial charge on any atom is 0.299 e. The normalized spacial score (nSPS) is 11.6. The minimum absolute atomic E-state index is 0.0899. The van der Waals surface area contributed by atoms with E-state index in [1.54, 1.807) is 18.2 Å². The fourth-order valence-electron chi connectivity index (χ4n) is 1.60. The highest BCUT2D eigenvalue weighted by atomic mass is 80.0. The summed E-state index contributed by atoms with van der Waals surface area (Å²) in [4.78, 5) is 15.0. The SMILES string of the molecule is COc1cc([N+](=O)[O-])c2nc(C(Br)(Br)Br)ccc2c1. The number of methoxy groups -OCH3 is 1. The highest BCUT2D eigenvalue weighted by molar-refractivity contribution is 9.38. The van der Waals surface area contributed by atoms with Crippen LogP contribution >= 0.6 is 47.8 Å². The van der Waals surface area contributed by atoms with E-state index in [9.17, 15) is 10.1 Å². The van der Waals surface area contributed by atoms with Gasteiger partial charge in [0.05, 0.1) is 23.8 Å². The van der Waals surface area contributed by atoms with Crippen LogP contribution in [0.15, 0.2) is 24.3 Å². The standard InChI is InChI=1S/C11H7Br3N2O3/c1-19-7-4-6-2-3-9(11(12,13)14)15-10(6)8(5-7)16(17)18/h2-5H,1H3. The predicted octanol–water partition coefficient (Wildman–Crippen LogP) is 4.45. The molecule has 0 atom stereocenters. The Morgan fingerprint density at radius 3 is 2.53 bits per heavy atom. The van der Waals surface area contributed by atoms with Crippen molar-refractivity contribution in [1.29, 1.82) is 0 Å². The molecule has 8 heteroatoms. The van der Waals surface area contributed by atoms with E-state index in [0.29, 0.717) is 22.3 Å². The van der Waals surface area contributed by atoms with Crippen LogP contribution < -0.4 is 4.74 Å². The number of nitro benzene ring substituents is 1. The topological polar surface area (TPSA) is 65.3 Å².